The molecule has 1 N–H and O–H groups in total. The molecular formula is C15H26N2O3S. The molecule has 0 atom stereocenters. The molecule has 1 rings (SSSR count). The molecule has 0 heterocycles. The van der Waals surface area contributed by atoms with Gasteiger partial charge in [0.15, 0.2) is 0 Å². The van der Waals surface area contributed by atoms with Gasteiger partial charge >= 0.3 is 0 Å². The maximum Gasteiger partial charge on any atom is 0.243 e. The van der Waals surface area contributed by atoms with E-state index in [-0.39, 0.29) is 0 Å². The largest absolute Gasteiger partial charge is 0.380 e. The first-order chi connectivity index (χ1) is 9.93. The van der Waals surface area contributed by atoms with Crippen molar-refractivity contribution in [1.29, 1.82) is 0 Å². The maximum absolute atomic E-state index is 12.6. The summed E-state index contributed by atoms with van der Waals surface area (Å²) >= 11 is 0. The Morgan fingerprint density at radius 2 is 2.00 bits per heavy atom. The molecule has 120 valence electrons. The van der Waals surface area contributed by atoms with Crippen LogP contribution in [-0.2, 0) is 21.3 Å². The fourth-order valence-corrected chi connectivity index (χ4v) is 3.35. The van der Waals surface area contributed by atoms with Crippen LogP contribution in [0.4, 0.5) is 0 Å². The first kappa shape index (κ1) is 18.1. The van der Waals surface area contributed by atoms with E-state index in [1.807, 2.05) is 32.9 Å². The quantitative estimate of drug-likeness (QED) is 0.706. The predicted molar refractivity (Wildman–Crippen MR) is 84.9 cm³/mol. The van der Waals surface area contributed by atoms with E-state index in [2.05, 4.69) is 5.32 Å². The fraction of sp³-hybridized carbons (Fsp3) is 0.600. The molecule has 5 nitrogen and oxygen atoms in total. The Bertz CT molecular complexity index is 544. The average Bonchev–Trinajstić information content (AvgIpc) is 2.46. The van der Waals surface area contributed by atoms with Gasteiger partial charge in [-0.05, 0) is 37.6 Å². The van der Waals surface area contributed by atoms with E-state index >= 15 is 0 Å². The molecule has 1 aromatic rings. The summed E-state index contributed by atoms with van der Waals surface area (Å²) in [5.41, 5.74) is 1.73. The summed E-state index contributed by atoms with van der Waals surface area (Å²) in [4.78, 5) is 0.372. The first-order valence-corrected chi connectivity index (χ1v) is 8.71. The molecule has 0 bridgehead atoms. The summed E-state index contributed by atoms with van der Waals surface area (Å²) in [6.07, 6.45) is 0. The van der Waals surface area contributed by atoms with E-state index in [0.29, 0.717) is 31.2 Å². The molecule has 0 spiro atoms. The summed E-state index contributed by atoms with van der Waals surface area (Å²) in [6, 6.07) is 5.57. The lowest BCUT2D eigenvalue weighted by atomic mass is 10.1. The summed E-state index contributed by atoms with van der Waals surface area (Å²) < 4.78 is 31.8. The molecule has 0 amide bonds. The van der Waals surface area contributed by atoms with Gasteiger partial charge in [0.2, 0.25) is 10.0 Å². The van der Waals surface area contributed by atoms with Crippen LogP contribution in [0.1, 0.15) is 25.0 Å². The van der Waals surface area contributed by atoms with Gasteiger partial charge in [-0.3, -0.25) is 0 Å². The zero-order valence-corrected chi connectivity index (χ0v) is 14.2. The van der Waals surface area contributed by atoms with E-state index in [1.54, 1.807) is 13.1 Å². The van der Waals surface area contributed by atoms with Gasteiger partial charge in [-0.15, -0.1) is 0 Å². The zero-order valence-electron chi connectivity index (χ0n) is 13.3. The van der Waals surface area contributed by atoms with E-state index in [0.717, 1.165) is 17.7 Å². The van der Waals surface area contributed by atoms with Crippen molar-refractivity contribution in [1.82, 2.24) is 9.62 Å². The van der Waals surface area contributed by atoms with Gasteiger partial charge in [-0.1, -0.05) is 19.1 Å². The topological polar surface area (TPSA) is 58.6 Å². The number of hydrogen-bond donors (Lipinski definition) is 1. The van der Waals surface area contributed by atoms with Crippen LogP contribution in [0.2, 0.25) is 0 Å². The highest BCUT2D eigenvalue weighted by Crippen LogP contribution is 2.20. The van der Waals surface area contributed by atoms with Crippen molar-refractivity contribution in [2.24, 2.45) is 0 Å². The fourth-order valence-electron chi connectivity index (χ4n) is 1.93. The second-order valence-electron chi connectivity index (χ2n) is 4.90. The highest BCUT2D eigenvalue weighted by Gasteiger charge is 2.22. The van der Waals surface area contributed by atoms with Crippen molar-refractivity contribution >= 4 is 10.0 Å². The van der Waals surface area contributed by atoms with Gasteiger partial charge in [0.1, 0.15) is 0 Å². The molecule has 0 aromatic heterocycles. The van der Waals surface area contributed by atoms with Crippen molar-refractivity contribution in [3.63, 3.8) is 0 Å². The highest BCUT2D eigenvalue weighted by atomic mass is 32.2. The lowest BCUT2D eigenvalue weighted by Gasteiger charge is -2.19. The summed E-state index contributed by atoms with van der Waals surface area (Å²) in [6.45, 7) is 8.60. The Kier molecular flexibility index (Phi) is 7.31. The van der Waals surface area contributed by atoms with Gasteiger partial charge in [0.05, 0.1) is 11.5 Å². The number of likely N-dealkylation sites (N-methyl/N-ethyl adjacent to an activating group) is 1. The number of ether oxygens (including phenoxy) is 1. The number of benzene rings is 1. The summed E-state index contributed by atoms with van der Waals surface area (Å²) in [5.74, 6) is 0. The number of hydrogen-bond acceptors (Lipinski definition) is 4. The van der Waals surface area contributed by atoms with Crippen molar-refractivity contribution < 1.29 is 13.2 Å². The molecule has 0 saturated heterocycles. The number of rotatable bonds is 9. The monoisotopic (exact) mass is 314 g/mol. The third-order valence-electron chi connectivity index (χ3n) is 3.27. The molecule has 0 radical (unpaired) electrons. The maximum atomic E-state index is 12.6. The van der Waals surface area contributed by atoms with Crippen molar-refractivity contribution in [2.75, 3.05) is 33.4 Å². The minimum Gasteiger partial charge on any atom is -0.380 e. The minimum atomic E-state index is -3.47. The Morgan fingerprint density at radius 3 is 2.62 bits per heavy atom. The van der Waals surface area contributed by atoms with Gasteiger partial charge in [0, 0.05) is 26.7 Å². The van der Waals surface area contributed by atoms with Crippen LogP contribution in [0.3, 0.4) is 0 Å². The van der Waals surface area contributed by atoms with E-state index in [1.165, 1.54) is 4.31 Å². The standard InChI is InChI=1S/C15H26N2O3S/c1-5-16-12-14-8-7-13(3)15(11-14)21(18,19)17(4)9-10-20-6-2/h7-8,11,16H,5-6,9-10,12H2,1-4H3. The van der Waals surface area contributed by atoms with Crippen molar-refractivity contribution in [3.05, 3.63) is 29.3 Å². The number of nitrogens with one attached hydrogen (secondary N) is 1. The second kappa shape index (κ2) is 8.48. The van der Waals surface area contributed by atoms with Crippen LogP contribution in [0.5, 0.6) is 0 Å². The number of nitrogens with zero attached hydrogens (tertiary/aromatic N) is 1. The normalized spacial score (nSPS) is 12.0. The van der Waals surface area contributed by atoms with E-state index < -0.39 is 10.0 Å². The Morgan fingerprint density at radius 1 is 1.29 bits per heavy atom. The molecule has 0 fully saturated rings. The predicted octanol–water partition coefficient (Wildman–Crippen LogP) is 1.76. The zero-order chi connectivity index (χ0) is 15.9. The van der Waals surface area contributed by atoms with Crippen LogP contribution in [0, 0.1) is 6.92 Å². The number of aryl methyl sites for hydroxylation is 1. The lowest BCUT2D eigenvalue weighted by molar-refractivity contribution is 0.138. The molecule has 21 heavy (non-hydrogen) atoms. The van der Waals surface area contributed by atoms with Crippen molar-refractivity contribution in [3.8, 4) is 0 Å². The van der Waals surface area contributed by atoms with Gasteiger partial charge in [0.25, 0.3) is 0 Å². The molecule has 0 saturated carbocycles. The minimum absolute atomic E-state index is 0.354. The van der Waals surface area contributed by atoms with Crippen LogP contribution in [-0.4, -0.2) is 46.1 Å². The van der Waals surface area contributed by atoms with E-state index in [4.69, 9.17) is 4.74 Å². The van der Waals surface area contributed by atoms with Crippen molar-refractivity contribution in [2.45, 2.75) is 32.2 Å². The smallest absolute Gasteiger partial charge is 0.243 e. The molecule has 0 aliphatic rings. The average molecular weight is 314 g/mol. The third-order valence-corrected chi connectivity index (χ3v) is 5.27. The summed E-state index contributed by atoms with van der Waals surface area (Å²) in [5, 5.41) is 3.21. The molecule has 1 aromatic carbocycles. The van der Waals surface area contributed by atoms with E-state index in [9.17, 15) is 8.42 Å². The summed E-state index contributed by atoms with van der Waals surface area (Å²) in [7, 11) is -1.88. The van der Waals surface area contributed by atoms with Gasteiger partial charge < -0.3 is 10.1 Å². The van der Waals surface area contributed by atoms with Crippen LogP contribution >= 0.6 is 0 Å². The van der Waals surface area contributed by atoms with Gasteiger partial charge in [-0.2, -0.15) is 4.31 Å². The Hall–Kier alpha value is -0.950. The lowest BCUT2D eigenvalue weighted by Crippen LogP contribution is -2.31. The molecule has 0 aliphatic heterocycles. The Labute approximate surface area is 128 Å². The molecular weight excluding hydrogens is 288 g/mol. The number of sulfonamides is 1. The molecule has 0 aliphatic carbocycles. The van der Waals surface area contributed by atoms with Crippen LogP contribution < -0.4 is 5.32 Å². The van der Waals surface area contributed by atoms with Crippen LogP contribution in [0.25, 0.3) is 0 Å². The van der Waals surface area contributed by atoms with Gasteiger partial charge in [-0.25, -0.2) is 8.42 Å². The third kappa shape index (κ3) is 5.07. The van der Waals surface area contributed by atoms with Crippen LogP contribution in [0.15, 0.2) is 23.1 Å². The molecule has 0 unspecified atom stereocenters. The Balaban J connectivity index is 2.95. The second-order valence-corrected chi connectivity index (χ2v) is 6.92. The molecule has 6 heteroatoms. The SMILES string of the molecule is CCNCc1ccc(C)c(S(=O)(=O)N(C)CCOCC)c1. The first-order valence-electron chi connectivity index (χ1n) is 7.27. The highest BCUT2D eigenvalue weighted by molar-refractivity contribution is 7.89.